The molecule has 8 nitrogen and oxygen atoms in total. The molecule has 3 aliphatic rings. The van der Waals surface area contributed by atoms with Crippen molar-refractivity contribution in [2.24, 2.45) is 17.8 Å². The fourth-order valence-corrected chi connectivity index (χ4v) is 4.98. The highest BCUT2D eigenvalue weighted by molar-refractivity contribution is 5.80. The maximum Gasteiger partial charge on any atom is 0.306 e. The van der Waals surface area contributed by atoms with Gasteiger partial charge in [0.2, 0.25) is 5.91 Å². The largest absolute Gasteiger partial charge is 0.481 e. The molecule has 1 aromatic heterocycles. The fourth-order valence-electron chi connectivity index (χ4n) is 4.98. The van der Waals surface area contributed by atoms with Crippen molar-refractivity contribution in [3.8, 4) is 0 Å². The van der Waals surface area contributed by atoms with Gasteiger partial charge in [-0.2, -0.15) is 0 Å². The van der Waals surface area contributed by atoms with Gasteiger partial charge in [0.15, 0.2) is 0 Å². The van der Waals surface area contributed by atoms with Crippen molar-refractivity contribution in [1.82, 2.24) is 19.9 Å². The summed E-state index contributed by atoms with van der Waals surface area (Å²) in [6.07, 6.45) is 10.5. The second-order valence-electron chi connectivity index (χ2n) is 8.90. The molecule has 4 rings (SSSR count). The summed E-state index contributed by atoms with van der Waals surface area (Å²) in [5.41, 5.74) is 0.871. The molecule has 1 unspecified atom stereocenters. The van der Waals surface area contributed by atoms with E-state index in [1.807, 2.05) is 15.8 Å². The van der Waals surface area contributed by atoms with Crippen molar-refractivity contribution in [3.63, 3.8) is 0 Å². The maximum atomic E-state index is 13.2. The molecule has 2 heterocycles. The number of amides is 1. The Labute approximate surface area is 171 Å². The molecule has 0 bridgehead atoms. The van der Waals surface area contributed by atoms with Crippen molar-refractivity contribution in [2.75, 3.05) is 20.2 Å². The number of carboxylic acid groups (broad SMARTS) is 1. The second-order valence-corrected chi connectivity index (χ2v) is 8.90. The molecule has 160 valence electrons. The standard InChI is InChI=1S/C21H32N4O4/c1-29-19-5-3-2-4-18(19)25-13-16(22-23-25)12-17(14-6-7-14)20(26)24-10-8-15(9-11-24)21(27)28/h13-15,17-19H,2-12H2,1H3,(H,27,28)/t17?,18-,19-/m1/s1. The number of aromatic nitrogens is 3. The van der Waals surface area contributed by atoms with Crippen molar-refractivity contribution in [2.45, 2.75) is 69.9 Å². The van der Waals surface area contributed by atoms with E-state index in [9.17, 15) is 14.7 Å². The molecule has 1 aliphatic heterocycles. The molecule has 1 amide bonds. The summed E-state index contributed by atoms with van der Waals surface area (Å²) in [5.74, 6) is -0.539. The van der Waals surface area contributed by atoms with Crippen LogP contribution in [0.2, 0.25) is 0 Å². The average Bonchev–Trinajstić information content (AvgIpc) is 3.49. The first-order chi connectivity index (χ1) is 14.1. The number of rotatable bonds is 7. The molecule has 0 spiro atoms. The van der Waals surface area contributed by atoms with Crippen LogP contribution in [0.5, 0.6) is 0 Å². The first-order valence-corrected chi connectivity index (χ1v) is 11.0. The molecule has 0 aromatic carbocycles. The van der Waals surface area contributed by atoms with Crippen molar-refractivity contribution < 1.29 is 19.4 Å². The number of nitrogens with zero attached hydrogens (tertiary/aromatic N) is 4. The summed E-state index contributed by atoms with van der Waals surface area (Å²) in [6, 6.07) is 0.222. The van der Waals surface area contributed by atoms with E-state index in [2.05, 4.69) is 10.3 Å². The van der Waals surface area contributed by atoms with E-state index < -0.39 is 5.97 Å². The van der Waals surface area contributed by atoms with Crippen LogP contribution >= 0.6 is 0 Å². The Morgan fingerprint density at radius 3 is 2.55 bits per heavy atom. The van der Waals surface area contributed by atoms with Gasteiger partial charge < -0.3 is 14.7 Å². The first kappa shape index (κ1) is 20.3. The third-order valence-corrected chi connectivity index (χ3v) is 6.96. The Bertz CT molecular complexity index is 724. The van der Waals surface area contributed by atoms with Crippen LogP contribution in [0.15, 0.2) is 6.20 Å². The molecule has 3 atom stereocenters. The first-order valence-electron chi connectivity index (χ1n) is 11.0. The van der Waals surface area contributed by atoms with E-state index in [1.165, 1.54) is 12.8 Å². The van der Waals surface area contributed by atoms with Gasteiger partial charge in [-0.1, -0.05) is 18.1 Å². The van der Waals surface area contributed by atoms with Gasteiger partial charge in [-0.3, -0.25) is 9.59 Å². The summed E-state index contributed by atoms with van der Waals surface area (Å²) >= 11 is 0. The lowest BCUT2D eigenvalue weighted by Gasteiger charge is -2.33. The average molecular weight is 405 g/mol. The predicted octanol–water partition coefficient (Wildman–Crippen LogP) is 2.30. The van der Waals surface area contributed by atoms with Crippen LogP contribution in [0.3, 0.4) is 0 Å². The highest BCUT2D eigenvalue weighted by Crippen LogP contribution is 2.40. The topological polar surface area (TPSA) is 97.5 Å². The lowest BCUT2D eigenvalue weighted by atomic mass is 9.92. The van der Waals surface area contributed by atoms with Crippen LogP contribution in [0.25, 0.3) is 0 Å². The minimum Gasteiger partial charge on any atom is -0.481 e. The summed E-state index contributed by atoms with van der Waals surface area (Å²) in [4.78, 5) is 26.2. The number of carboxylic acids is 1. The third kappa shape index (κ3) is 4.63. The van der Waals surface area contributed by atoms with Gasteiger partial charge in [0, 0.05) is 38.7 Å². The number of ether oxygens (including phenoxy) is 1. The predicted molar refractivity (Wildman–Crippen MR) is 105 cm³/mol. The summed E-state index contributed by atoms with van der Waals surface area (Å²) < 4.78 is 7.59. The summed E-state index contributed by atoms with van der Waals surface area (Å²) in [7, 11) is 1.76. The highest BCUT2D eigenvalue weighted by Gasteiger charge is 2.40. The number of hydrogen-bond donors (Lipinski definition) is 1. The number of piperidine rings is 1. The molecule has 8 heteroatoms. The Balaban J connectivity index is 1.40. The van der Waals surface area contributed by atoms with Gasteiger partial charge in [0.25, 0.3) is 0 Å². The Kier molecular flexibility index (Phi) is 6.18. The minimum atomic E-state index is -0.746. The van der Waals surface area contributed by atoms with Crippen LogP contribution in [0.1, 0.15) is 63.1 Å². The number of hydrogen-bond acceptors (Lipinski definition) is 5. The normalized spacial score (nSPS) is 27.0. The van der Waals surface area contributed by atoms with E-state index in [0.29, 0.717) is 38.3 Å². The van der Waals surface area contributed by atoms with Crippen molar-refractivity contribution in [1.29, 1.82) is 0 Å². The SMILES string of the molecule is CO[C@@H]1CCCC[C@H]1n1cc(CC(C(=O)N2CCC(C(=O)O)CC2)C2CC2)nn1. The number of carbonyl (C=O) groups is 2. The molecule has 1 aromatic rings. The smallest absolute Gasteiger partial charge is 0.306 e. The van der Waals surface area contributed by atoms with E-state index in [4.69, 9.17) is 4.74 Å². The molecular formula is C21H32N4O4. The Hall–Kier alpha value is -1.96. The zero-order chi connectivity index (χ0) is 20.4. The molecule has 0 radical (unpaired) electrons. The van der Waals surface area contributed by atoms with Gasteiger partial charge in [-0.25, -0.2) is 4.68 Å². The monoisotopic (exact) mass is 404 g/mol. The van der Waals surface area contributed by atoms with Crippen molar-refractivity contribution in [3.05, 3.63) is 11.9 Å². The highest BCUT2D eigenvalue weighted by atomic mass is 16.5. The maximum absolute atomic E-state index is 13.2. The molecule has 1 N–H and O–H groups in total. The van der Waals surface area contributed by atoms with Gasteiger partial charge in [0.05, 0.1) is 23.8 Å². The number of methoxy groups -OCH3 is 1. The number of carbonyl (C=O) groups excluding carboxylic acids is 1. The summed E-state index contributed by atoms with van der Waals surface area (Å²) in [6.45, 7) is 1.09. The fraction of sp³-hybridized carbons (Fsp3) is 0.810. The van der Waals surface area contributed by atoms with E-state index in [-0.39, 0.29) is 29.9 Å². The lowest BCUT2D eigenvalue weighted by molar-refractivity contribution is -0.147. The quantitative estimate of drug-likeness (QED) is 0.749. The van der Waals surface area contributed by atoms with Crippen LogP contribution < -0.4 is 0 Å². The van der Waals surface area contributed by atoms with Crippen LogP contribution in [-0.2, 0) is 20.7 Å². The van der Waals surface area contributed by atoms with Crippen molar-refractivity contribution >= 4 is 11.9 Å². The summed E-state index contributed by atoms with van der Waals surface area (Å²) in [5, 5.41) is 17.9. The Morgan fingerprint density at radius 1 is 1.17 bits per heavy atom. The third-order valence-electron chi connectivity index (χ3n) is 6.96. The minimum absolute atomic E-state index is 0.0638. The second kappa shape index (κ2) is 8.81. The van der Waals surface area contributed by atoms with Gasteiger partial charge in [-0.05, 0) is 44.4 Å². The zero-order valence-corrected chi connectivity index (χ0v) is 17.2. The molecule has 29 heavy (non-hydrogen) atoms. The number of aliphatic carboxylic acids is 1. The lowest BCUT2D eigenvalue weighted by Crippen LogP contribution is -2.44. The Morgan fingerprint density at radius 2 is 1.90 bits per heavy atom. The molecule has 2 aliphatic carbocycles. The van der Waals surface area contributed by atoms with E-state index >= 15 is 0 Å². The van der Waals surface area contributed by atoms with E-state index in [1.54, 1.807) is 7.11 Å². The van der Waals surface area contributed by atoms with Gasteiger partial charge in [0.1, 0.15) is 0 Å². The van der Waals surface area contributed by atoms with E-state index in [0.717, 1.165) is 31.4 Å². The molecule has 2 saturated carbocycles. The van der Waals surface area contributed by atoms with Crippen LogP contribution in [-0.4, -0.2) is 63.2 Å². The molecule has 1 saturated heterocycles. The van der Waals surface area contributed by atoms with Gasteiger partial charge in [-0.15, -0.1) is 5.10 Å². The zero-order valence-electron chi connectivity index (χ0n) is 17.2. The molecule has 3 fully saturated rings. The van der Waals surface area contributed by atoms with Crippen LogP contribution in [0, 0.1) is 17.8 Å². The number of likely N-dealkylation sites (tertiary alicyclic amines) is 1. The van der Waals surface area contributed by atoms with Crippen LogP contribution in [0.4, 0.5) is 0 Å². The van der Waals surface area contributed by atoms with Gasteiger partial charge >= 0.3 is 5.97 Å². The molecular weight excluding hydrogens is 372 g/mol.